The summed E-state index contributed by atoms with van der Waals surface area (Å²) in [7, 11) is 0. The normalized spacial score (nSPS) is 10.2. The molecular weight excluding hydrogens is 130 g/mol. The first-order chi connectivity index (χ1) is 4.12. The maximum atomic E-state index is 11.8. The van der Waals surface area contributed by atoms with Crippen LogP contribution in [0.2, 0.25) is 0 Å². The third kappa shape index (κ3) is 3.88. The molecule has 0 aliphatic heterocycles. The van der Waals surface area contributed by atoms with Crippen LogP contribution in [0.25, 0.3) is 0 Å². The van der Waals surface area contributed by atoms with E-state index in [2.05, 4.69) is 0 Å². The Morgan fingerprint density at radius 1 is 1.33 bits per heavy atom. The van der Waals surface area contributed by atoms with Crippen molar-refractivity contribution in [3.63, 3.8) is 0 Å². The van der Waals surface area contributed by atoms with Crippen LogP contribution < -0.4 is 0 Å². The molecule has 0 spiro atoms. The highest BCUT2D eigenvalue weighted by Gasteiger charge is 2.23. The van der Waals surface area contributed by atoms with Gasteiger partial charge in [-0.05, 0) is 5.92 Å². The molecule has 0 aromatic heterocycles. The molecule has 0 rings (SSSR count). The third-order valence-electron chi connectivity index (χ3n) is 0.549. The molecule has 9 heavy (non-hydrogen) atoms. The molecular formula is C5H6F2O2. The van der Waals surface area contributed by atoms with Crippen molar-refractivity contribution in [1.29, 1.82) is 0 Å². The van der Waals surface area contributed by atoms with Gasteiger partial charge in [-0.25, -0.2) is 0 Å². The first-order valence-corrected chi connectivity index (χ1v) is 2.22. The molecule has 52 valence electrons. The van der Waals surface area contributed by atoms with Crippen molar-refractivity contribution >= 4 is 0 Å². The van der Waals surface area contributed by atoms with Gasteiger partial charge in [-0.15, -0.1) is 0 Å². The standard InChI is InChI=1S/C5H6F2O2/c6-5(7,4-9)2-1-3-8/h8-9H,3-4H2. The van der Waals surface area contributed by atoms with E-state index in [9.17, 15) is 8.78 Å². The minimum absolute atomic E-state index is 0.615. The summed E-state index contributed by atoms with van der Waals surface area (Å²) in [6.45, 7) is -1.92. The maximum absolute atomic E-state index is 11.8. The molecule has 2 nitrogen and oxygen atoms in total. The van der Waals surface area contributed by atoms with Crippen molar-refractivity contribution in [2.75, 3.05) is 13.2 Å². The molecule has 2 N–H and O–H groups in total. The van der Waals surface area contributed by atoms with Gasteiger partial charge in [0.25, 0.3) is 0 Å². The van der Waals surface area contributed by atoms with E-state index in [-0.39, 0.29) is 0 Å². The fraction of sp³-hybridized carbons (Fsp3) is 0.600. The lowest BCUT2D eigenvalue weighted by Crippen LogP contribution is -2.18. The van der Waals surface area contributed by atoms with Crippen LogP contribution in [0.15, 0.2) is 0 Å². The highest BCUT2D eigenvalue weighted by molar-refractivity contribution is 5.09. The van der Waals surface area contributed by atoms with Crippen LogP contribution in [-0.4, -0.2) is 29.3 Å². The Bertz CT molecular complexity index is 134. The van der Waals surface area contributed by atoms with Crippen molar-refractivity contribution in [3.05, 3.63) is 0 Å². The van der Waals surface area contributed by atoms with Gasteiger partial charge < -0.3 is 10.2 Å². The molecule has 0 aliphatic carbocycles. The Morgan fingerprint density at radius 2 is 1.89 bits per heavy atom. The average Bonchev–Trinajstić information content (AvgIpc) is 1.84. The van der Waals surface area contributed by atoms with Crippen LogP contribution in [0, 0.1) is 11.8 Å². The summed E-state index contributed by atoms with van der Waals surface area (Å²) in [5, 5.41) is 15.8. The molecule has 0 aromatic rings. The van der Waals surface area contributed by atoms with E-state index in [1.54, 1.807) is 5.92 Å². The molecule has 0 unspecified atom stereocenters. The average molecular weight is 136 g/mol. The number of hydrogen-bond acceptors (Lipinski definition) is 2. The van der Waals surface area contributed by atoms with Gasteiger partial charge in [-0.3, -0.25) is 0 Å². The number of rotatable bonds is 1. The van der Waals surface area contributed by atoms with E-state index in [1.807, 2.05) is 0 Å². The molecule has 0 fully saturated rings. The summed E-state index contributed by atoms with van der Waals surface area (Å²) in [5.74, 6) is -0.262. The van der Waals surface area contributed by atoms with Crippen LogP contribution in [-0.2, 0) is 0 Å². The fourth-order valence-corrected chi connectivity index (χ4v) is 0.208. The van der Waals surface area contributed by atoms with E-state index in [0.717, 1.165) is 0 Å². The molecule has 4 heteroatoms. The highest BCUT2D eigenvalue weighted by atomic mass is 19.3. The molecule has 0 aliphatic rings. The van der Waals surface area contributed by atoms with Crippen molar-refractivity contribution in [1.82, 2.24) is 0 Å². The van der Waals surface area contributed by atoms with Crippen molar-refractivity contribution in [2.45, 2.75) is 5.92 Å². The Labute approximate surface area is 51.1 Å². The van der Waals surface area contributed by atoms with Gasteiger partial charge in [0, 0.05) is 0 Å². The fourth-order valence-electron chi connectivity index (χ4n) is 0.208. The van der Waals surface area contributed by atoms with Crippen LogP contribution >= 0.6 is 0 Å². The lowest BCUT2D eigenvalue weighted by Gasteiger charge is -2.01. The smallest absolute Gasteiger partial charge is 0.330 e. The largest absolute Gasteiger partial charge is 0.389 e. The van der Waals surface area contributed by atoms with Gasteiger partial charge in [-0.1, -0.05) is 5.92 Å². The number of halogens is 2. The Balaban J connectivity index is 3.84. The topological polar surface area (TPSA) is 40.5 Å². The highest BCUT2D eigenvalue weighted by Crippen LogP contribution is 2.08. The van der Waals surface area contributed by atoms with Crippen molar-refractivity contribution in [2.24, 2.45) is 0 Å². The number of aliphatic hydroxyl groups excluding tert-OH is 2. The number of hydrogen-bond donors (Lipinski definition) is 2. The van der Waals surface area contributed by atoms with E-state index in [0.29, 0.717) is 0 Å². The Morgan fingerprint density at radius 3 is 2.22 bits per heavy atom. The second-order valence-electron chi connectivity index (χ2n) is 1.32. The first kappa shape index (κ1) is 8.34. The predicted molar refractivity (Wildman–Crippen MR) is 26.9 cm³/mol. The van der Waals surface area contributed by atoms with E-state index in [4.69, 9.17) is 10.2 Å². The summed E-state index contributed by atoms with van der Waals surface area (Å²) in [6, 6.07) is 0. The zero-order chi connectivity index (χ0) is 7.33. The summed E-state index contributed by atoms with van der Waals surface area (Å²) in [5.41, 5.74) is 0. The number of aliphatic hydroxyl groups is 2. The van der Waals surface area contributed by atoms with Crippen molar-refractivity contribution < 1.29 is 19.0 Å². The van der Waals surface area contributed by atoms with Gasteiger partial charge in [0.15, 0.2) is 0 Å². The Hall–Kier alpha value is -0.660. The summed E-state index contributed by atoms with van der Waals surface area (Å²) < 4.78 is 23.6. The summed E-state index contributed by atoms with van der Waals surface area (Å²) in [4.78, 5) is 0. The zero-order valence-corrected chi connectivity index (χ0v) is 4.56. The zero-order valence-electron chi connectivity index (χ0n) is 4.56. The molecule has 0 aromatic carbocycles. The van der Waals surface area contributed by atoms with Gasteiger partial charge in [0.1, 0.15) is 13.2 Å². The van der Waals surface area contributed by atoms with Crippen LogP contribution in [0.5, 0.6) is 0 Å². The summed E-state index contributed by atoms with van der Waals surface area (Å²) >= 11 is 0. The second kappa shape index (κ2) is 3.38. The van der Waals surface area contributed by atoms with E-state index < -0.39 is 19.1 Å². The quantitative estimate of drug-likeness (QED) is 0.482. The van der Waals surface area contributed by atoms with Gasteiger partial charge in [-0.2, -0.15) is 8.78 Å². The van der Waals surface area contributed by atoms with Crippen LogP contribution in [0.3, 0.4) is 0 Å². The molecule has 0 radical (unpaired) electrons. The molecule has 0 bridgehead atoms. The van der Waals surface area contributed by atoms with Gasteiger partial charge >= 0.3 is 5.92 Å². The minimum Gasteiger partial charge on any atom is -0.389 e. The molecule has 0 saturated carbocycles. The molecule has 0 saturated heterocycles. The van der Waals surface area contributed by atoms with Crippen LogP contribution in [0.4, 0.5) is 8.78 Å². The van der Waals surface area contributed by atoms with Crippen molar-refractivity contribution in [3.8, 4) is 11.8 Å². The van der Waals surface area contributed by atoms with E-state index in [1.165, 1.54) is 5.92 Å². The molecule has 0 amide bonds. The van der Waals surface area contributed by atoms with Gasteiger partial charge in [0.2, 0.25) is 0 Å². The molecule has 0 heterocycles. The number of alkyl halides is 2. The first-order valence-electron chi connectivity index (χ1n) is 2.22. The van der Waals surface area contributed by atoms with E-state index >= 15 is 0 Å². The predicted octanol–water partition coefficient (Wildman–Crippen LogP) is -0.390. The lowest BCUT2D eigenvalue weighted by atomic mass is 10.4. The van der Waals surface area contributed by atoms with Gasteiger partial charge in [0.05, 0.1) is 0 Å². The monoisotopic (exact) mass is 136 g/mol. The summed E-state index contributed by atoms with van der Waals surface area (Å²) in [6.07, 6.45) is 0. The second-order valence-corrected chi connectivity index (χ2v) is 1.32. The van der Waals surface area contributed by atoms with Crippen LogP contribution in [0.1, 0.15) is 0 Å². The lowest BCUT2D eigenvalue weighted by molar-refractivity contribution is 0.00413. The Kier molecular flexibility index (Phi) is 3.13. The maximum Gasteiger partial charge on any atom is 0.330 e. The minimum atomic E-state index is -3.37. The SMILES string of the molecule is OCC#CC(F)(F)CO. The third-order valence-corrected chi connectivity index (χ3v) is 0.549. The molecule has 0 atom stereocenters.